The summed E-state index contributed by atoms with van der Waals surface area (Å²) in [4.78, 5) is 0. The zero-order valence-electron chi connectivity index (χ0n) is 14.8. The SMILES string of the molecule is CO[C@@H](c1ccccc1)[C@H](N[C@@H](C)c1ccccc1)c1ccccc1. The molecule has 0 amide bonds. The van der Waals surface area contributed by atoms with E-state index in [1.54, 1.807) is 7.11 Å². The fraction of sp³-hybridized carbons (Fsp3) is 0.217. The molecule has 1 N–H and O–H groups in total. The van der Waals surface area contributed by atoms with Crippen LogP contribution < -0.4 is 5.32 Å². The van der Waals surface area contributed by atoms with Crippen molar-refractivity contribution in [2.75, 3.05) is 7.11 Å². The fourth-order valence-corrected chi connectivity index (χ4v) is 3.23. The van der Waals surface area contributed by atoms with E-state index in [1.165, 1.54) is 16.7 Å². The van der Waals surface area contributed by atoms with Crippen LogP contribution in [-0.2, 0) is 4.74 Å². The molecule has 0 aliphatic rings. The predicted octanol–water partition coefficient (Wildman–Crippen LogP) is 5.47. The van der Waals surface area contributed by atoms with Crippen LogP contribution in [0, 0.1) is 0 Å². The van der Waals surface area contributed by atoms with Crippen molar-refractivity contribution in [3.05, 3.63) is 108 Å². The lowest BCUT2D eigenvalue weighted by Gasteiger charge is -2.31. The molecule has 3 rings (SSSR count). The quantitative estimate of drug-likeness (QED) is 0.620. The van der Waals surface area contributed by atoms with Gasteiger partial charge in [-0.05, 0) is 23.6 Å². The van der Waals surface area contributed by atoms with Crippen molar-refractivity contribution in [2.24, 2.45) is 0 Å². The van der Waals surface area contributed by atoms with E-state index in [1.807, 2.05) is 18.2 Å². The van der Waals surface area contributed by atoms with E-state index < -0.39 is 0 Å². The highest BCUT2D eigenvalue weighted by molar-refractivity contribution is 5.28. The van der Waals surface area contributed by atoms with Gasteiger partial charge in [-0.15, -0.1) is 0 Å². The summed E-state index contributed by atoms with van der Waals surface area (Å²) in [5.74, 6) is 0. The summed E-state index contributed by atoms with van der Waals surface area (Å²) in [6, 6.07) is 31.7. The Bertz CT molecular complexity index is 743. The molecule has 0 aliphatic carbocycles. The van der Waals surface area contributed by atoms with Crippen molar-refractivity contribution in [3.8, 4) is 0 Å². The van der Waals surface area contributed by atoms with Crippen LogP contribution in [0.3, 0.4) is 0 Å². The summed E-state index contributed by atoms with van der Waals surface area (Å²) in [5.41, 5.74) is 3.67. The number of benzene rings is 3. The molecule has 0 saturated carbocycles. The smallest absolute Gasteiger partial charge is 0.102 e. The summed E-state index contributed by atoms with van der Waals surface area (Å²) in [6.45, 7) is 2.20. The molecule has 0 aromatic heterocycles. The van der Waals surface area contributed by atoms with Crippen molar-refractivity contribution < 1.29 is 4.74 Å². The Morgan fingerprint density at radius 3 is 1.56 bits per heavy atom. The molecule has 128 valence electrons. The third kappa shape index (κ3) is 4.36. The highest BCUT2D eigenvalue weighted by atomic mass is 16.5. The van der Waals surface area contributed by atoms with E-state index in [-0.39, 0.29) is 18.2 Å². The van der Waals surface area contributed by atoms with Gasteiger partial charge in [0.15, 0.2) is 0 Å². The normalized spacial score (nSPS) is 14.6. The van der Waals surface area contributed by atoms with Crippen molar-refractivity contribution >= 4 is 0 Å². The number of nitrogens with one attached hydrogen (secondary N) is 1. The molecule has 0 unspecified atom stereocenters. The summed E-state index contributed by atoms with van der Waals surface area (Å²) in [7, 11) is 1.78. The Kier molecular flexibility index (Phi) is 5.99. The van der Waals surface area contributed by atoms with Crippen molar-refractivity contribution in [3.63, 3.8) is 0 Å². The third-order valence-corrected chi connectivity index (χ3v) is 4.57. The first-order valence-electron chi connectivity index (χ1n) is 8.73. The zero-order chi connectivity index (χ0) is 17.5. The molecule has 3 aromatic rings. The van der Waals surface area contributed by atoms with E-state index >= 15 is 0 Å². The zero-order valence-corrected chi connectivity index (χ0v) is 14.8. The average Bonchev–Trinajstić information content (AvgIpc) is 2.70. The van der Waals surface area contributed by atoms with Gasteiger partial charge >= 0.3 is 0 Å². The second-order valence-corrected chi connectivity index (χ2v) is 6.25. The van der Waals surface area contributed by atoms with Crippen molar-refractivity contribution in [2.45, 2.75) is 25.1 Å². The molecule has 0 heterocycles. The maximum absolute atomic E-state index is 5.93. The molecule has 0 aliphatic heterocycles. The lowest BCUT2D eigenvalue weighted by atomic mass is 9.94. The van der Waals surface area contributed by atoms with E-state index in [0.29, 0.717) is 0 Å². The highest BCUT2D eigenvalue weighted by Crippen LogP contribution is 2.33. The molecule has 25 heavy (non-hydrogen) atoms. The van der Waals surface area contributed by atoms with Gasteiger partial charge in [0.05, 0.1) is 6.04 Å². The van der Waals surface area contributed by atoms with Gasteiger partial charge in [-0.3, -0.25) is 0 Å². The second kappa shape index (κ2) is 8.61. The van der Waals surface area contributed by atoms with Crippen LogP contribution in [-0.4, -0.2) is 7.11 Å². The Morgan fingerprint density at radius 1 is 0.640 bits per heavy atom. The fourth-order valence-electron chi connectivity index (χ4n) is 3.23. The standard InChI is InChI=1S/C23H25NO/c1-18(19-12-6-3-7-13-19)24-22(20-14-8-4-9-15-20)23(25-2)21-16-10-5-11-17-21/h3-18,22-24H,1-2H3/t18-,22+,23-/m0/s1. The molecular weight excluding hydrogens is 306 g/mol. The third-order valence-electron chi connectivity index (χ3n) is 4.57. The Balaban J connectivity index is 1.92. The van der Waals surface area contributed by atoms with Gasteiger partial charge in [-0.25, -0.2) is 0 Å². The first-order valence-corrected chi connectivity index (χ1v) is 8.73. The molecule has 0 saturated heterocycles. The molecule has 3 atom stereocenters. The second-order valence-electron chi connectivity index (χ2n) is 6.25. The van der Waals surface area contributed by atoms with E-state index in [0.717, 1.165) is 0 Å². The minimum absolute atomic E-state index is 0.0591. The largest absolute Gasteiger partial charge is 0.375 e. The van der Waals surface area contributed by atoms with Crippen LogP contribution in [0.25, 0.3) is 0 Å². The van der Waals surface area contributed by atoms with Gasteiger partial charge in [0, 0.05) is 13.2 Å². The molecule has 0 fully saturated rings. The van der Waals surface area contributed by atoms with Gasteiger partial charge in [0.25, 0.3) is 0 Å². The van der Waals surface area contributed by atoms with Crippen molar-refractivity contribution in [1.29, 1.82) is 0 Å². The summed E-state index contributed by atoms with van der Waals surface area (Å²) in [5, 5.41) is 3.77. The van der Waals surface area contributed by atoms with Gasteiger partial charge < -0.3 is 10.1 Å². The number of hydrogen-bond donors (Lipinski definition) is 1. The topological polar surface area (TPSA) is 21.3 Å². The highest BCUT2D eigenvalue weighted by Gasteiger charge is 2.26. The number of rotatable bonds is 7. The summed E-state index contributed by atoms with van der Waals surface area (Å²) >= 11 is 0. The summed E-state index contributed by atoms with van der Waals surface area (Å²) < 4.78 is 5.93. The Labute approximate surface area is 150 Å². The van der Waals surface area contributed by atoms with Crippen LogP contribution in [0.2, 0.25) is 0 Å². The number of methoxy groups -OCH3 is 1. The molecule has 0 bridgehead atoms. The predicted molar refractivity (Wildman–Crippen MR) is 103 cm³/mol. The molecule has 3 aromatic carbocycles. The summed E-state index contributed by atoms with van der Waals surface area (Å²) in [6.07, 6.45) is -0.0604. The first kappa shape index (κ1) is 17.4. The lowest BCUT2D eigenvalue weighted by Crippen LogP contribution is -2.30. The maximum Gasteiger partial charge on any atom is 0.102 e. The Morgan fingerprint density at radius 2 is 1.08 bits per heavy atom. The van der Waals surface area contributed by atoms with Crippen LogP contribution in [0.15, 0.2) is 91.0 Å². The molecule has 0 radical (unpaired) electrons. The van der Waals surface area contributed by atoms with Gasteiger partial charge in [0.2, 0.25) is 0 Å². The average molecular weight is 331 g/mol. The van der Waals surface area contributed by atoms with E-state index in [2.05, 4.69) is 85.0 Å². The van der Waals surface area contributed by atoms with E-state index in [4.69, 9.17) is 4.74 Å². The van der Waals surface area contributed by atoms with Gasteiger partial charge in [-0.1, -0.05) is 91.0 Å². The monoisotopic (exact) mass is 331 g/mol. The van der Waals surface area contributed by atoms with Crippen LogP contribution >= 0.6 is 0 Å². The maximum atomic E-state index is 5.93. The lowest BCUT2D eigenvalue weighted by molar-refractivity contribution is 0.0637. The van der Waals surface area contributed by atoms with Crippen LogP contribution in [0.5, 0.6) is 0 Å². The Hall–Kier alpha value is -2.42. The minimum Gasteiger partial charge on any atom is -0.375 e. The van der Waals surface area contributed by atoms with Gasteiger partial charge in [-0.2, -0.15) is 0 Å². The number of hydrogen-bond acceptors (Lipinski definition) is 2. The van der Waals surface area contributed by atoms with Crippen LogP contribution in [0.1, 0.15) is 41.8 Å². The van der Waals surface area contributed by atoms with Crippen molar-refractivity contribution in [1.82, 2.24) is 5.32 Å². The minimum atomic E-state index is -0.0604. The molecule has 2 nitrogen and oxygen atoms in total. The van der Waals surface area contributed by atoms with Gasteiger partial charge in [0.1, 0.15) is 6.10 Å². The van der Waals surface area contributed by atoms with E-state index in [9.17, 15) is 0 Å². The number of ether oxygens (including phenoxy) is 1. The molecule has 0 spiro atoms. The molecule has 2 heteroatoms. The van der Waals surface area contributed by atoms with Crippen LogP contribution in [0.4, 0.5) is 0 Å². The molecular formula is C23H25NO. The first-order chi connectivity index (χ1) is 12.3.